The van der Waals surface area contributed by atoms with Crippen molar-refractivity contribution in [2.75, 3.05) is 36.9 Å². The number of pyridine rings is 1. The highest BCUT2D eigenvalue weighted by atomic mass is 35.5. The molecule has 1 fully saturated rings. The minimum atomic E-state index is -1.44. The number of amides is 1. The van der Waals surface area contributed by atoms with Crippen LogP contribution in [-0.4, -0.2) is 67.7 Å². The van der Waals surface area contributed by atoms with Gasteiger partial charge in [0.15, 0.2) is 11.6 Å². The summed E-state index contributed by atoms with van der Waals surface area (Å²) < 4.78 is 47.5. The Balaban J connectivity index is 1.40. The minimum Gasteiger partial charge on any atom is -0.505 e. The molecule has 0 spiro atoms. The number of aromatic hydroxyl groups is 1. The summed E-state index contributed by atoms with van der Waals surface area (Å²) in [6, 6.07) is 2.80. The molecule has 4 aromatic rings. The molecule has 44 heavy (non-hydrogen) atoms. The van der Waals surface area contributed by atoms with Crippen molar-refractivity contribution in [2.45, 2.75) is 46.3 Å². The summed E-state index contributed by atoms with van der Waals surface area (Å²) in [4.78, 5) is 39.8. The first-order chi connectivity index (χ1) is 20.8. The Bertz CT molecular complexity index is 1890. The highest BCUT2D eigenvalue weighted by Gasteiger charge is 2.29. The highest BCUT2D eigenvalue weighted by Crippen LogP contribution is 2.36. The van der Waals surface area contributed by atoms with Crippen LogP contribution in [0.15, 0.2) is 23.1 Å². The number of phenolic OH excluding ortho intramolecular Hbond substituents is 1. The molecule has 2 aliphatic rings. The monoisotopic (exact) mass is 629 g/mol. The van der Waals surface area contributed by atoms with Crippen molar-refractivity contribution in [3.05, 3.63) is 62.7 Å². The average molecular weight is 630 g/mol. The molecule has 1 unspecified atom stereocenters. The molecule has 0 bridgehead atoms. The van der Waals surface area contributed by atoms with E-state index < -0.39 is 41.3 Å². The quantitative estimate of drug-likeness (QED) is 0.317. The van der Waals surface area contributed by atoms with Crippen molar-refractivity contribution in [3.8, 4) is 16.9 Å². The molecule has 0 aliphatic carbocycles. The van der Waals surface area contributed by atoms with Crippen LogP contribution < -0.4 is 15.8 Å². The Hall–Kier alpha value is -4.10. The third kappa shape index (κ3) is 5.07. The fourth-order valence-corrected chi connectivity index (χ4v) is 6.30. The van der Waals surface area contributed by atoms with Gasteiger partial charge in [-0.05, 0) is 38.4 Å². The van der Waals surface area contributed by atoms with Gasteiger partial charge in [-0.1, -0.05) is 18.5 Å². The highest BCUT2D eigenvalue weighted by molar-refractivity contribution is 6.33. The van der Waals surface area contributed by atoms with E-state index in [9.17, 15) is 23.5 Å². The zero-order valence-electron chi connectivity index (χ0n) is 24.6. The number of benzene rings is 1. The van der Waals surface area contributed by atoms with Gasteiger partial charge in [-0.3, -0.25) is 14.2 Å². The predicted octanol–water partition coefficient (Wildman–Crippen LogP) is 4.32. The maximum atomic E-state index is 15.2. The van der Waals surface area contributed by atoms with Gasteiger partial charge in [0.05, 0.1) is 11.1 Å². The molecule has 2 N–H and O–H groups in total. The van der Waals surface area contributed by atoms with E-state index in [-0.39, 0.29) is 50.4 Å². The second-order valence-electron chi connectivity index (χ2n) is 11.8. The van der Waals surface area contributed by atoms with Gasteiger partial charge in [-0.25, -0.2) is 14.4 Å². The molecule has 2 atom stereocenters. The first kappa shape index (κ1) is 29.9. The van der Waals surface area contributed by atoms with Crippen LogP contribution in [0.25, 0.3) is 22.2 Å². The summed E-state index contributed by atoms with van der Waals surface area (Å²) in [5.74, 6) is -4.18. The van der Waals surface area contributed by atoms with Crippen LogP contribution >= 0.6 is 11.6 Å². The number of anilines is 2. The van der Waals surface area contributed by atoms with E-state index in [4.69, 9.17) is 11.6 Å². The molecule has 5 heterocycles. The molecular formula is C30H31ClF3N7O3. The lowest BCUT2D eigenvalue weighted by molar-refractivity contribution is -0.116. The summed E-state index contributed by atoms with van der Waals surface area (Å²) >= 11 is 6.21. The Kier molecular flexibility index (Phi) is 7.57. The summed E-state index contributed by atoms with van der Waals surface area (Å²) in [5, 5.41) is 12.2. The number of nitrogens with one attached hydrogen (secondary N) is 1. The van der Waals surface area contributed by atoms with E-state index >= 15 is 4.39 Å². The van der Waals surface area contributed by atoms with E-state index in [1.54, 1.807) is 0 Å². The van der Waals surface area contributed by atoms with Crippen LogP contribution in [0.5, 0.6) is 5.75 Å². The second kappa shape index (κ2) is 11.1. The lowest BCUT2D eigenvalue weighted by atomic mass is 10.0. The van der Waals surface area contributed by atoms with Crippen LogP contribution in [0, 0.1) is 30.4 Å². The summed E-state index contributed by atoms with van der Waals surface area (Å²) in [6.07, 6.45) is 1.89. The van der Waals surface area contributed by atoms with Gasteiger partial charge in [0.2, 0.25) is 17.7 Å². The van der Waals surface area contributed by atoms with Gasteiger partial charge in [0, 0.05) is 62.0 Å². The van der Waals surface area contributed by atoms with E-state index in [1.807, 2.05) is 25.8 Å². The third-order valence-electron chi connectivity index (χ3n) is 8.36. The lowest BCUT2D eigenvalue weighted by Crippen LogP contribution is -2.50. The molecule has 1 amide bonds. The first-order valence-electron chi connectivity index (χ1n) is 14.3. The maximum Gasteiger partial charge on any atom is 0.263 e. The number of hydrogen-bond donors (Lipinski definition) is 2. The van der Waals surface area contributed by atoms with Gasteiger partial charge < -0.3 is 24.8 Å². The van der Waals surface area contributed by atoms with Crippen molar-refractivity contribution in [1.82, 2.24) is 24.0 Å². The number of aryl methyl sites for hydroxylation is 1. The van der Waals surface area contributed by atoms with Gasteiger partial charge in [-0.2, -0.15) is 8.78 Å². The van der Waals surface area contributed by atoms with Crippen molar-refractivity contribution in [2.24, 2.45) is 5.92 Å². The van der Waals surface area contributed by atoms with E-state index in [2.05, 4.69) is 20.2 Å². The maximum absolute atomic E-state index is 15.2. The zero-order valence-corrected chi connectivity index (χ0v) is 25.3. The summed E-state index contributed by atoms with van der Waals surface area (Å²) in [6.45, 7) is 7.49. The van der Waals surface area contributed by atoms with Crippen LogP contribution in [0.1, 0.15) is 25.2 Å². The summed E-state index contributed by atoms with van der Waals surface area (Å²) in [7, 11) is 2.00. The first-order valence-corrected chi connectivity index (χ1v) is 14.6. The minimum absolute atomic E-state index is 0.0124. The fraction of sp³-hybridized carbons (Fsp3) is 0.400. The number of carbonyl (C=O) groups excluding carboxylic acids is 1. The van der Waals surface area contributed by atoms with Crippen LogP contribution in [-0.2, 0) is 24.3 Å². The molecule has 14 heteroatoms. The van der Waals surface area contributed by atoms with Crippen molar-refractivity contribution in [1.29, 1.82) is 0 Å². The number of halogens is 4. The molecule has 1 aromatic carbocycles. The van der Waals surface area contributed by atoms with Gasteiger partial charge in [0.1, 0.15) is 28.9 Å². The number of aromatic nitrogens is 4. The fourth-order valence-electron chi connectivity index (χ4n) is 6.16. The molecule has 0 radical (unpaired) electrons. The Morgan fingerprint density at radius 2 is 1.86 bits per heavy atom. The summed E-state index contributed by atoms with van der Waals surface area (Å²) in [5.41, 5.74) is -0.465. The number of fused-ring (bicyclic) bond motifs is 2. The van der Waals surface area contributed by atoms with Crippen LogP contribution in [0.3, 0.4) is 0 Å². The van der Waals surface area contributed by atoms with Gasteiger partial charge in [0.25, 0.3) is 5.56 Å². The average Bonchev–Trinajstić information content (AvgIpc) is 3.52. The van der Waals surface area contributed by atoms with Crippen molar-refractivity contribution in [3.63, 3.8) is 0 Å². The lowest BCUT2D eigenvalue weighted by Gasteiger charge is -2.39. The van der Waals surface area contributed by atoms with E-state index in [0.29, 0.717) is 31.2 Å². The molecule has 3 aromatic heterocycles. The number of piperazine rings is 1. The van der Waals surface area contributed by atoms with E-state index in [1.165, 1.54) is 34.4 Å². The number of carbonyl (C=O) groups is 1. The molecule has 232 valence electrons. The van der Waals surface area contributed by atoms with Crippen molar-refractivity contribution < 1.29 is 23.1 Å². The second-order valence-corrected chi connectivity index (χ2v) is 12.2. The number of rotatable bonds is 5. The number of nitrogens with zero attached hydrogens (tertiary/aromatic N) is 6. The number of hydrogen-bond acceptors (Lipinski definition) is 7. The predicted molar refractivity (Wildman–Crippen MR) is 161 cm³/mol. The topological polar surface area (TPSA) is 109 Å². The van der Waals surface area contributed by atoms with Gasteiger partial charge in [-0.15, -0.1) is 0 Å². The Labute approximate surface area is 255 Å². The number of likely N-dealkylation sites (N-methyl/N-ethyl adjacent to an activating group) is 1. The molecule has 1 saturated heterocycles. The zero-order chi connectivity index (χ0) is 31.6. The van der Waals surface area contributed by atoms with Crippen LogP contribution in [0.2, 0.25) is 5.02 Å². The van der Waals surface area contributed by atoms with E-state index in [0.717, 1.165) is 13.1 Å². The number of phenols is 1. The largest absolute Gasteiger partial charge is 0.505 e. The molecule has 2 aliphatic heterocycles. The SMILES string of the molecule is Cc1cc(-c2cn(CC(=O)Nc3cc(N4CCN(C)C[C@@H]4C)nc(F)c3Cl)c3nc4n(c(=O)c23)CC(C)C4)c(F)c(F)c1O. The molecular weight excluding hydrogens is 599 g/mol. The Morgan fingerprint density at radius 3 is 2.59 bits per heavy atom. The Morgan fingerprint density at radius 1 is 1.11 bits per heavy atom. The standard InChI is InChI=1S/C30H31ClF3N7O3/c1-14-7-20-37-29-23(30(44)41(20)10-14)18(17-8-15(2)27(43)26(33)25(17)32)12-39(29)13-22(42)35-19-9-21(36-28(34)24(19)31)40-6-5-38(4)11-16(40)3/h8-9,12,14,16,43H,5-7,10-11,13H2,1-4H3,(H,35,36,42)/t14?,16-/m0/s1. The third-order valence-corrected chi connectivity index (χ3v) is 8.72. The molecule has 6 rings (SSSR count). The molecule has 10 nitrogen and oxygen atoms in total. The molecule has 0 saturated carbocycles. The van der Waals surface area contributed by atoms with Gasteiger partial charge >= 0.3 is 0 Å². The van der Waals surface area contributed by atoms with Crippen molar-refractivity contribution >= 4 is 40.0 Å². The normalized spacial score (nSPS) is 18.7. The van der Waals surface area contributed by atoms with Crippen LogP contribution in [0.4, 0.5) is 24.7 Å². The smallest absolute Gasteiger partial charge is 0.263 e.